The Morgan fingerprint density at radius 2 is 1.82 bits per heavy atom. The minimum absolute atomic E-state index is 0.0937. The van der Waals surface area contributed by atoms with Crippen molar-refractivity contribution in [3.05, 3.63) is 82.0 Å². The van der Waals surface area contributed by atoms with Crippen LogP contribution in [0.4, 0.5) is 14.5 Å². The maximum atomic E-state index is 13.3. The number of hydrogen-bond donors (Lipinski definition) is 1. The van der Waals surface area contributed by atoms with Crippen LogP contribution < -0.4 is 10.9 Å². The molecule has 4 aromatic rings. The normalized spacial score (nSPS) is 10.9. The molecule has 0 aliphatic carbocycles. The second-order valence-electron chi connectivity index (χ2n) is 6.01. The van der Waals surface area contributed by atoms with E-state index < -0.39 is 23.1 Å². The van der Waals surface area contributed by atoms with Gasteiger partial charge >= 0.3 is 0 Å². The number of hydrogen-bond acceptors (Lipinski definition) is 4. The lowest BCUT2D eigenvalue weighted by Crippen LogP contribution is -2.30. The molecule has 0 saturated carbocycles. The molecule has 5 nitrogen and oxygen atoms in total. The van der Waals surface area contributed by atoms with Crippen LogP contribution in [0.15, 0.2) is 64.8 Å². The molecule has 28 heavy (non-hydrogen) atoms. The van der Waals surface area contributed by atoms with E-state index in [1.165, 1.54) is 17.4 Å². The van der Waals surface area contributed by atoms with Crippen LogP contribution in [0, 0.1) is 11.6 Å². The van der Waals surface area contributed by atoms with Crippen molar-refractivity contribution in [3.63, 3.8) is 0 Å². The fourth-order valence-corrected chi connectivity index (χ4v) is 3.57. The third kappa shape index (κ3) is 3.41. The van der Waals surface area contributed by atoms with E-state index in [0.717, 1.165) is 21.7 Å². The van der Waals surface area contributed by atoms with Crippen molar-refractivity contribution in [1.29, 1.82) is 0 Å². The van der Waals surface area contributed by atoms with Gasteiger partial charge in [0.25, 0.3) is 5.56 Å². The number of nitrogens with one attached hydrogen (secondary N) is 1. The smallest absolute Gasteiger partial charge is 0.275 e. The first-order valence-corrected chi connectivity index (χ1v) is 9.19. The first-order chi connectivity index (χ1) is 13.5. The first kappa shape index (κ1) is 18.0. The lowest BCUT2D eigenvalue weighted by molar-refractivity contribution is -0.117. The van der Waals surface area contributed by atoms with Crippen LogP contribution in [0.25, 0.3) is 21.3 Å². The molecule has 0 bridgehead atoms. The third-order valence-electron chi connectivity index (χ3n) is 4.12. The average molecular weight is 397 g/mol. The van der Waals surface area contributed by atoms with Gasteiger partial charge in [0.1, 0.15) is 12.2 Å². The molecule has 2 aromatic heterocycles. The molecule has 0 aliphatic rings. The highest BCUT2D eigenvalue weighted by atomic mass is 32.1. The van der Waals surface area contributed by atoms with Gasteiger partial charge in [0.05, 0.1) is 10.3 Å². The number of anilines is 1. The molecule has 140 valence electrons. The summed E-state index contributed by atoms with van der Waals surface area (Å²) in [6.45, 7) is -0.360. The van der Waals surface area contributed by atoms with E-state index in [0.29, 0.717) is 16.5 Å². The molecule has 0 radical (unpaired) electrons. The summed E-state index contributed by atoms with van der Waals surface area (Å²) in [7, 11) is 0. The number of amides is 1. The van der Waals surface area contributed by atoms with Gasteiger partial charge in [-0.05, 0) is 29.6 Å². The van der Waals surface area contributed by atoms with Gasteiger partial charge in [0, 0.05) is 17.1 Å². The molecule has 0 saturated heterocycles. The van der Waals surface area contributed by atoms with Crippen molar-refractivity contribution < 1.29 is 13.6 Å². The molecule has 2 aromatic carbocycles. The number of rotatable bonds is 4. The van der Waals surface area contributed by atoms with E-state index in [-0.39, 0.29) is 12.2 Å². The van der Waals surface area contributed by atoms with E-state index in [4.69, 9.17) is 0 Å². The monoisotopic (exact) mass is 397 g/mol. The number of carbonyl (C=O) groups is 1. The zero-order valence-corrected chi connectivity index (χ0v) is 15.2. The standard InChI is InChI=1S/C20H13F2N3O2S/c21-15-8-7-12(10-16(15)22)23-18(26)11-25-20(27)14-5-2-1-4-13(14)19(24-25)17-6-3-9-28-17/h1-10H,11H2,(H,23,26). The van der Waals surface area contributed by atoms with E-state index >= 15 is 0 Å². The summed E-state index contributed by atoms with van der Waals surface area (Å²) < 4.78 is 27.4. The number of nitrogens with zero attached hydrogens (tertiary/aromatic N) is 2. The summed E-state index contributed by atoms with van der Waals surface area (Å²) in [5.74, 6) is -2.65. The van der Waals surface area contributed by atoms with E-state index in [1.807, 2.05) is 29.6 Å². The number of aromatic nitrogens is 2. The Hall–Kier alpha value is -3.39. The second-order valence-corrected chi connectivity index (χ2v) is 6.96. The summed E-state index contributed by atoms with van der Waals surface area (Å²) in [5, 5.41) is 9.87. The van der Waals surface area contributed by atoms with Crippen LogP contribution in [-0.4, -0.2) is 15.7 Å². The molecular formula is C20H13F2N3O2S. The van der Waals surface area contributed by atoms with Crippen LogP contribution in [0.1, 0.15) is 0 Å². The molecule has 0 atom stereocenters. The number of benzene rings is 2. The van der Waals surface area contributed by atoms with Crippen molar-refractivity contribution >= 4 is 33.7 Å². The zero-order valence-electron chi connectivity index (χ0n) is 14.4. The van der Waals surface area contributed by atoms with Gasteiger partial charge < -0.3 is 5.32 Å². The van der Waals surface area contributed by atoms with Gasteiger partial charge in [-0.15, -0.1) is 11.3 Å². The Kier molecular flexibility index (Phi) is 4.70. The maximum absolute atomic E-state index is 13.3. The van der Waals surface area contributed by atoms with Crippen molar-refractivity contribution in [3.8, 4) is 10.6 Å². The van der Waals surface area contributed by atoms with Gasteiger partial charge in [-0.1, -0.05) is 24.3 Å². The quantitative estimate of drug-likeness (QED) is 0.565. The maximum Gasteiger partial charge on any atom is 0.275 e. The SMILES string of the molecule is O=C(Cn1nc(-c2cccs2)c2ccccc2c1=O)Nc1ccc(F)c(F)c1. The predicted molar refractivity (Wildman–Crippen MR) is 104 cm³/mol. The Bertz CT molecular complexity index is 1240. The van der Waals surface area contributed by atoms with Crippen LogP contribution in [-0.2, 0) is 11.3 Å². The van der Waals surface area contributed by atoms with E-state index in [2.05, 4.69) is 10.4 Å². The average Bonchev–Trinajstić information content (AvgIpc) is 3.21. The van der Waals surface area contributed by atoms with Gasteiger partial charge in [0.2, 0.25) is 5.91 Å². The molecule has 1 N–H and O–H groups in total. The number of halogens is 2. The van der Waals surface area contributed by atoms with Crippen LogP contribution in [0.5, 0.6) is 0 Å². The lowest BCUT2D eigenvalue weighted by atomic mass is 10.1. The summed E-state index contributed by atoms with van der Waals surface area (Å²) in [4.78, 5) is 26.0. The fraction of sp³-hybridized carbons (Fsp3) is 0.0500. The Morgan fingerprint density at radius 3 is 2.54 bits per heavy atom. The summed E-state index contributed by atoms with van der Waals surface area (Å²) in [6, 6.07) is 13.8. The topological polar surface area (TPSA) is 64.0 Å². The largest absolute Gasteiger partial charge is 0.324 e. The molecule has 0 spiro atoms. The summed E-state index contributed by atoms with van der Waals surface area (Å²) in [6.07, 6.45) is 0. The number of carbonyl (C=O) groups excluding carboxylic acids is 1. The van der Waals surface area contributed by atoms with Crippen LogP contribution in [0.3, 0.4) is 0 Å². The highest BCUT2D eigenvalue weighted by Gasteiger charge is 2.15. The molecular weight excluding hydrogens is 384 g/mol. The molecule has 2 heterocycles. The minimum atomic E-state index is -1.07. The summed E-state index contributed by atoms with van der Waals surface area (Å²) >= 11 is 1.47. The molecule has 1 amide bonds. The van der Waals surface area contributed by atoms with Gasteiger partial charge in [-0.2, -0.15) is 5.10 Å². The predicted octanol–water partition coefficient (Wildman–Crippen LogP) is 4.04. The lowest BCUT2D eigenvalue weighted by Gasteiger charge is -2.11. The van der Waals surface area contributed by atoms with Crippen molar-refractivity contribution in [2.45, 2.75) is 6.54 Å². The highest BCUT2D eigenvalue weighted by Crippen LogP contribution is 2.28. The Morgan fingerprint density at radius 1 is 1.04 bits per heavy atom. The van der Waals surface area contributed by atoms with Gasteiger partial charge in [-0.25, -0.2) is 13.5 Å². The molecule has 8 heteroatoms. The molecule has 0 aliphatic heterocycles. The Balaban J connectivity index is 1.70. The van der Waals surface area contributed by atoms with Gasteiger partial charge in [-0.3, -0.25) is 9.59 Å². The fourth-order valence-electron chi connectivity index (χ4n) is 2.85. The van der Waals surface area contributed by atoms with E-state index in [1.54, 1.807) is 12.1 Å². The van der Waals surface area contributed by atoms with Crippen molar-refractivity contribution in [2.75, 3.05) is 5.32 Å². The number of thiophene rings is 1. The van der Waals surface area contributed by atoms with Crippen molar-refractivity contribution in [1.82, 2.24) is 9.78 Å². The molecule has 0 unspecified atom stereocenters. The van der Waals surface area contributed by atoms with Crippen LogP contribution >= 0.6 is 11.3 Å². The number of fused-ring (bicyclic) bond motifs is 1. The third-order valence-corrected chi connectivity index (χ3v) is 5.00. The summed E-state index contributed by atoms with van der Waals surface area (Å²) in [5.41, 5.74) is 0.290. The first-order valence-electron chi connectivity index (χ1n) is 8.31. The van der Waals surface area contributed by atoms with Crippen LogP contribution in [0.2, 0.25) is 0 Å². The Labute approximate surface area is 161 Å². The molecule has 0 fully saturated rings. The minimum Gasteiger partial charge on any atom is -0.324 e. The highest BCUT2D eigenvalue weighted by molar-refractivity contribution is 7.13. The second kappa shape index (κ2) is 7.32. The van der Waals surface area contributed by atoms with E-state index in [9.17, 15) is 18.4 Å². The zero-order chi connectivity index (χ0) is 19.7. The molecule has 4 rings (SSSR count). The van der Waals surface area contributed by atoms with Crippen molar-refractivity contribution in [2.24, 2.45) is 0 Å². The van der Waals surface area contributed by atoms with Gasteiger partial charge in [0.15, 0.2) is 11.6 Å².